The van der Waals surface area contributed by atoms with Crippen molar-refractivity contribution in [3.63, 3.8) is 0 Å². The zero-order chi connectivity index (χ0) is 16.0. The summed E-state index contributed by atoms with van der Waals surface area (Å²) in [5, 5.41) is 14.9. The van der Waals surface area contributed by atoms with Crippen LogP contribution in [0.15, 0.2) is 23.7 Å². The summed E-state index contributed by atoms with van der Waals surface area (Å²) in [4.78, 5) is 2.58. The van der Waals surface area contributed by atoms with Gasteiger partial charge in [0.15, 0.2) is 0 Å². The number of alkyl halides is 6. The van der Waals surface area contributed by atoms with Crippen molar-refractivity contribution in [1.82, 2.24) is 4.57 Å². The summed E-state index contributed by atoms with van der Waals surface area (Å²) in [6.07, 6.45) is -6.12. The summed E-state index contributed by atoms with van der Waals surface area (Å²) in [7, 11) is 1.33. The molecule has 1 rings (SSSR count). The standard InChI is InChI=1S/C7H7F6N2.C2N3/c1-14-2-3-15(4-14)7(12,13)5(8)6(9,10)11;3-1-5-2-4/h2-5H,1H3;/q+1;-1. The van der Waals surface area contributed by atoms with E-state index in [9.17, 15) is 26.3 Å². The molecule has 110 valence electrons. The zero-order valence-corrected chi connectivity index (χ0v) is 9.81. The van der Waals surface area contributed by atoms with Gasteiger partial charge in [0, 0.05) is 0 Å². The molecule has 0 aliphatic heterocycles. The lowest BCUT2D eigenvalue weighted by Crippen LogP contribution is -2.43. The van der Waals surface area contributed by atoms with Crippen molar-refractivity contribution in [2.75, 3.05) is 0 Å². The van der Waals surface area contributed by atoms with E-state index >= 15 is 0 Å². The van der Waals surface area contributed by atoms with E-state index in [2.05, 4.69) is 4.99 Å². The molecule has 1 heterocycles. The first-order chi connectivity index (χ1) is 9.07. The Labute approximate surface area is 108 Å². The fraction of sp³-hybridized carbons (Fsp3) is 0.444. The lowest BCUT2D eigenvalue weighted by atomic mass is 10.3. The third-order valence-electron chi connectivity index (χ3n) is 1.81. The third-order valence-corrected chi connectivity index (χ3v) is 1.81. The molecule has 5 nitrogen and oxygen atoms in total. The normalized spacial score (nSPS) is 12.5. The summed E-state index contributed by atoms with van der Waals surface area (Å²) in [6.45, 7) is 0. The number of halogens is 6. The van der Waals surface area contributed by atoms with Crippen LogP contribution in [0, 0.1) is 11.5 Å². The smallest absolute Gasteiger partial charge is 0.422 e. The largest absolute Gasteiger partial charge is 0.437 e. The van der Waals surface area contributed by atoms with E-state index in [-0.39, 0.29) is 4.57 Å². The van der Waals surface area contributed by atoms with Gasteiger partial charge in [-0.15, -0.1) is 6.01 Å². The molecule has 0 N–H and O–H groups in total. The van der Waals surface area contributed by atoms with E-state index in [0.29, 0.717) is 12.5 Å². The van der Waals surface area contributed by atoms with Crippen molar-refractivity contribution in [3.8, 4) is 6.19 Å². The molecule has 20 heavy (non-hydrogen) atoms. The van der Waals surface area contributed by atoms with Crippen LogP contribution in [0.4, 0.5) is 26.3 Å². The first kappa shape index (κ1) is 17.7. The third kappa shape index (κ3) is 4.74. The Morgan fingerprint density at radius 1 is 1.35 bits per heavy atom. The molecular weight excluding hydrogens is 292 g/mol. The van der Waals surface area contributed by atoms with Crippen molar-refractivity contribution in [1.29, 1.82) is 5.26 Å². The quantitative estimate of drug-likeness (QED) is 0.356. The highest BCUT2D eigenvalue weighted by molar-refractivity contribution is 5.46. The number of aliphatic imine (C=N–C) groups is 1. The molecule has 0 amide bonds. The van der Waals surface area contributed by atoms with E-state index < -0.39 is 18.4 Å². The van der Waals surface area contributed by atoms with Crippen LogP contribution in [-0.2, 0) is 13.1 Å². The highest BCUT2D eigenvalue weighted by Gasteiger charge is 2.61. The summed E-state index contributed by atoms with van der Waals surface area (Å²) >= 11 is 0. The van der Waals surface area contributed by atoms with Gasteiger partial charge in [-0.1, -0.05) is 0 Å². The Morgan fingerprint density at radius 3 is 2.15 bits per heavy atom. The number of nitrogens with zero attached hydrogens (tertiary/aromatic N) is 5. The lowest BCUT2D eigenvalue weighted by Gasteiger charge is -2.18. The summed E-state index contributed by atoms with van der Waals surface area (Å²) < 4.78 is 74.6. The molecule has 0 aliphatic carbocycles. The second-order valence-corrected chi connectivity index (χ2v) is 3.29. The highest BCUT2D eigenvalue weighted by atomic mass is 19.4. The average molecular weight is 299 g/mol. The van der Waals surface area contributed by atoms with Crippen LogP contribution in [-0.4, -0.2) is 22.9 Å². The molecule has 1 atom stereocenters. The fourth-order valence-electron chi connectivity index (χ4n) is 0.977. The first-order valence-electron chi connectivity index (χ1n) is 4.67. The van der Waals surface area contributed by atoms with E-state index in [0.717, 1.165) is 10.8 Å². The molecule has 1 aromatic rings. The number of aromatic nitrogens is 2. The van der Waals surface area contributed by atoms with E-state index in [1.54, 1.807) is 0 Å². The summed E-state index contributed by atoms with van der Waals surface area (Å²) in [5.74, 6) is 0. The number of nitriles is 1. The average Bonchev–Trinajstić information content (AvgIpc) is 2.76. The Bertz CT molecular complexity index is 522. The Morgan fingerprint density at radius 2 is 1.90 bits per heavy atom. The predicted octanol–water partition coefficient (Wildman–Crippen LogP) is 1.97. The molecule has 0 fully saturated rings. The van der Waals surface area contributed by atoms with Gasteiger partial charge in [0.2, 0.25) is 6.33 Å². The van der Waals surface area contributed by atoms with Crippen molar-refractivity contribution >= 4 is 6.01 Å². The molecule has 0 radical (unpaired) electrons. The van der Waals surface area contributed by atoms with Gasteiger partial charge < -0.3 is 10.4 Å². The van der Waals surface area contributed by atoms with Gasteiger partial charge in [-0.2, -0.15) is 31.8 Å². The predicted molar refractivity (Wildman–Crippen MR) is 53.2 cm³/mol. The molecule has 0 aliphatic rings. The topological polar surface area (TPSA) is 67.3 Å². The van der Waals surface area contributed by atoms with Crippen LogP contribution < -0.4 is 4.57 Å². The van der Waals surface area contributed by atoms with Gasteiger partial charge in [0.1, 0.15) is 12.4 Å². The minimum absolute atomic E-state index is 0.120. The van der Waals surface area contributed by atoms with Gasteiger partial charge in [0.25, 0.3) is 0 Å². The molecule has 0 saturated heterocycles. The van der Waals surface area contributed by atoms with Crippen LogP contribution in [0.1, 0.15) is 0 Å². The number of rotatable bonds is 2. The SMILES string of the molecule is C[n+]1ccn(C(F)(F)C(F)C(F)(F)F)c1.N#CN=C=[N-]. The Hall–Kier alpha value is -2.34. The molecule has 0 aromatic carbocycles. The number of imidazole rings is 1. The van der Waals surface area contributed by atoms with Gasteiger partial charge in [-0.25, -0.2) is 8.96 Å². The second kappa shape index (κ2) is 6.72. The van der Waals surface area contributed by atoms with E-state index in [4.69, 9.17) is 10.7 Å². The van der Waals surface area contributed by atoms with Crippen LogP contribution >= 0.6 is 0 Å². The van der Waals surface area contributed by atoms with Gasteiger partial charge in [-0.05, 0) is 0 Å². The van der Waals surface area contributed by atoms with Crippen molar-refractivity contribution < 1.29 is 30.9 Å². The molecule has 1 aromatic heterocycles. The van der Waals surface area contributed by atoms with E-state index in [1.807, 2.05) is 0 Å². The maximum absolute atomic E-state index is 12.9. The number of aryl methyl sites for hydroxylation is 1. The van der Waals surface area contributed by atoms with Gasteiger partial charge in [-0.3, -0.25) is 0 Å². The first-order valence-corrected chi connectivity index (χ1v) is 4.67. The van der Waals surface area contributed by atoms with Crippen LogP contribution in [0.3, 0.4) is 0 Å². The Balaban J connectivity index is 0.000000621. The highest BCUT2D eigenvalue weighted by Crippen LogP contribution is 2.37. The number of hydrogen-bond acceptors (Lipinski definition) is 2. The maximum atomic E-state index is 12.9. The molecule has 0 spiro atoms. The van der Waals surface area contributed by atoms with Crippen LogP contribution in [0.5, 0.6) is 0 Å². The van der Waals surface area contributed by atoms with E-state index in [1.165, 1.54) is 19.2 Å². The van der Waals surface area contributed by atoms with Gasteiger partial charge >= 0.3 is 18.4 Å². The van der Waals surface area contributed by atoms with Crippen LogP contribution in [0.25, 0.3) is 5.41 Å². The van der Waals surface area contributed by atoms with Crippen LogP contribution in [0.2, 0.25) is 0 Å². The summed E-state index contributed by atoms with van der Waals surface area (Å²) in [5.41, 5.74) is 0. The minimum Gasteiger partial charge on any atom is -0.422 e. The fourth-order valence-corrected chi connectivity index (χ4v) is 0.977. The van der Waals surface area contributed by atoms with Crippen molar-refractivity contribution in [3.05, 3.63) is 24.1 Å². The maximum Gasteiger partial charge on any atom is 0.437 e. The molecule has 0 saturated carbocycles. The Kier molecular flexibility index (Phi) is 5.93. The van der Waals surface area contributed by atoms with Gasteiger partial charge in [0.05, 0.1) is 13.2 Å². The van der Waals surface area contributed by atoms with Crippen molar-refractivity contribution in [2.45, 2.75) is 18.4 Å². The monoisotopic (exact) mass is 299 g/mol. The summed E-state index contributed by atoms with van der Waals surface area (Å²) in [6, 6.07) is -3.36. The molecular formula is C9H7F6N5. The molecule has 0 bridgehead atoms. The zero-order valence-electron chi connectivity index (χ0n) is 9.81. The lowest BCUT2D eigenvalue weighted by molar-refractivity contribution is -0.671. The van der Waals surface area contributed by atoms with Crippen molar-refractivity contribution in [2.24, 2.45) is 12.0 Å². The minimum atomic E-state index is -5.59. The molecule has 11 heteroatoms. The molecule has 1 unspecified atom stereocenters. The second-order valence-electron chi connectivity index (χ2n) is 3.29. The number of hydrogen-bond donors (Lipinski definition) is 0.